The zero-order valence-corrected chi connectivity index (χ0v) is 12.8. The normalized spacial score (nSPS) is 11.1. The lowest BCUT2D eigenvalue weighted by molar-refractivity contribution is 0.311. The van der Waals surface area contributed by atoms with Crippen LogP contribution in [0.5, 0.6) is 11.5 Å². The van der Waals surface area contributed by atoms with Gasteiger partial charge in [0, 0.05) is 25.3 Å². The molecule has 20 heavy (non-hydrogen) atoms. The quantitative estimate of drug-likeness (QED) is 0.458. The molecule has 0 aliphatic heterocycles. The van der Waals surface area contributed by atoms with Crippen LogP contribution in [0.2, 0.25) is 0 Å². The summed E-state index contributed by atoms with van der Waals surface area (Å²) in [4.78, 5) is 4.19. The van der Waals surface area contributed by atoms with Crippen LogP contribution < -0.4 is 20.1 Å². The van der Waals surface area contributed by atoms with Crippen LogP contribution in [0.3, 0.4) is 0 Å². The number of guanidine groups is 1. The predicted molar refractivity (Wildman–Crippen MR) is 84.1 cm³/mol. The van der Waals surface area contributed by atoms with Crippen LogP contribution in [0.1, 0.15) is 26.7 Å². The Labute approximate surface area is 121 Å². The molecule has 2 N–H and O–H groups in total. The maximum absolute atomic E-state index is 5.49. The first-order valence-corrected chi connectivity index (χ1v) is 7.03. The molecule has 0 radical (unpaired) electrons. The van der Waals surface area contributed by atoms with E-state index in [4.69, 9.17) is 9.47 Å². The lowest BCUT2D eigenvalue weighted by Crippen LogP contribution is -2.31. The third-order valence-corrected chi connectivity index (χ3v) is 2.77. The number of hydrogen-bond acceptors (Lipinski definition) is 3. The van der Waals surface area contributed by atoms with Crippen molar-refractivity contribution in [3.05, 3.63) is 18.2 Å². The van der Waals surface area contributed by atoms with Crippen molar-refractivity contribution in [2.24, 2.45) is 4.99 Å². The van der Waals surface area contributed by atoms with Gasteiger partial charge in [0.1, 0.15) is 0 Å². The van der Waals surface area contributed by atoms with Crippen molar-refractivity contribution >= 4 is 11.6 Å². The highest BCUT2D eigenvalue weighted by molar-refractivity contribution is 5.93. The van der Waals surface area contributed by atoms with Gasteiger partial charge >= 0.3 is 0 Å². The van der Waals surface area contributed by atoms with Gasteiger partial charge in [0.15, 0.2) is 17.5 Å². The molecule has 1 aromatic rings. The summed E-state index contributed by atoms with van der Waals surface area (Å²) in [7, 11) is 3.39. The first kappa shape index (κ1) is 16.1. The second-order valence-electron chi connectivity index (χ2n) is 4.28. The van der Waals surface area contributed by atoms with Crippen LogP contribution in [0.25, 0.3) is 0 Å². The Morgan fingerprint density at radius 1 is 1.25 bits per heavy atom. The van der Waals surface area contributed by atoms with E-state index in [0.717, 1.165) is 36.8 Å². The molecule has 0 heterocycles. The van der Waals surface area contributed by atoms with Crippen LogP contribution in [0, 0.1) is 0 Å². The van der Waals surface area contributed by atoms with Crippen molar-refractivity contribution in [3.63, 3.8) is 0 Å². The average Bonchev–Trinajstić information content (AvgIpc) is 2.48. The standard InChI is InChI=1S/C15H25N3O2/c1-5-7-10-17-15(16-3)18-12-8-9-13(20-6-2)14(11-12)19-4/h8-9,11H,5-7,10H2,1-4H3,(H2,16,17,18). The Hall–Kier alpha value is -1.91. The Bertz CT molecular complexity index is 433. The number of unbranched alkanes of at least 4 members (excludes halogenated alkanes) is 1. The van der Waals surface area contributed by atoms with Crippen LogP contribution >= 0.6 is 0 Å². The summed E-state index contributed by atoms with van der Waals surface area (Å²) in [6.07, 6.45) is 2.27. The van der Waals surface area contributed by atoms with E-state index >= 15 is 0 Å². The van der Waals surface area contributed by atoms with Gasteiger partial charge in [-0.1, -0.05) is 13.3 Å². The number of anilines is 1. The van der Waals surface area contributed by atoms with Gasteiger partial charge in [0.25, 0.3) is 0 Å². The molecule has 112 valence electrons. The van der Waals surface area contributed by atoms with Gasteiger partial charge in [0.05, 0.1) is 13.7 Å². The molecule has 5 nitrogen and oxygen atoms in total. The number of methoxy groups -OCH3 is 1. The number of aliphatic imine (C=N–C) groups is 1. The number of nitrogens with zero attached hydrogens (tertiary/aromatic N) is 1. The molecule has 0 amide bonds. The predicted octanol–water partition coefficient (Wildman–Crippen LogP) is 2.88. The highest BCUT2D eigenvalue weighted by atomic mass is 16.5. The van der Waals surface area contributed by atoms with E-state index in [2.05, 4.69) is 22.5 Å². The van der Waals surface area contributed by atoms with Gasteiger partial charge in [-0.05, 0) is 25.5 Å². The van der Waals surface area contributed by atoms with Crippen molar-refractivity contribution in [2.75, 3.05) is 32.6 Å². The van der Waals surface area contributed by atoms with Crippen molar-refractivity contribution in [1.82, 2.24) is 5.32 Å². The molecule has 0 atom stereocenters. The van der Waals surface area contributed by atoms with Crippen molar-refractivity contribution in [1.29, 1.82) is 0 Å². The van der Waals surface area contributed by atoms with Crippen LogP contribution in [-0.2, 0) is 0 Å². The number of ether oxygens (including phenoxy) is 2. The van der Waals surface area contributed by atoms with E-state index in [1.165, 1.54) is 0 Å². The Kier molecular flexibility index (Phi) is 7.32. The molecule has 0 bridgehead atoms. The fourth-order valence-electron chi connectivity index (χ4n) is 1.72. The second-order valence-corrected chi connectivity index (χ2v) is 4.28. The minimum atomic E-state index is 0.614. The fraction of sp³-hybridized carbons (Fsp3) is 0.533. The number of nitrogens with one attached hydrogen (secondary N) is 2. The summed E-state index contributed by atoms with van der Waals surface area (Å²) in [5.41, 5.74) is 0.912. The van der Waals surface area contributed by atoms with E-state index in [1.54, 1.807) is 14.2 Å². The van der Waals surface area contributed by atoms with E-state index in [1.807, 2.05) is 25.1 Å². The highest BCUT2D eigenvalue weighted by Crippen LogP contribution is 2.30. The SMILES string of the molecule is CCCCNC(=NC)Nc1ccc(OCC)c(OC)c1. The number of hydrogen-bond donors (Lipinski definition) is 2. The van der Waals surface area contributed by atoms with Crippen LogP contribution in [0.15, 0.2) is 23.2 Å². The van der Waals surface area contributed by atoms with Crippen molar-refractivity contribution in [3.8, 4) is 11.5 Å². The zero-order chi connectivity index (χ0) is 14.8. The minimum Gasteiger partial charge on any atom is -0.493 e. The largest absolute Gasteiger partial charge is 0.493 e. The smallest absolute Gasteiger partial charge is 0.195 e. The molecular weight excluding hydrogens is 254 g/mol. The van der Waals surface area contributed by atoms with Gasteiger partial charge in [-0.3, -0.25) is 4.99 Å². The lowest BCUT2D eigenvalue weighted by atomic mass is 10.2. The first-order valence-electron chi connectivity index (χ1n) is 7.03. The molecule has 0 unspecified atom stereocenters. The molecule has 0 saturated carbocycles. The van der Waals surface area contributed by atoms with Gasteiger partial charge < -0.3 is 20.1 Å². The van der Waals surface area contributed by atoms with Gasteiger partial charge in [-0.15, -0.1) is 0 Å². The third-order valence-electron chi connectivity index (χ3n) is 2.77. The molecule has 1 aromatic carbocycles. The Morgan fingerprint density at radius 2 is 2.05 bits per heavy atom. The summed E-state index contributed by atoms with van der Waals surface area (Å²) in [6, 6.07) is 5.74. The maximum atomic E-state index is 5.49. The molecule has 0 saturated heterocycles. The molecule has 0 spiro atoms. The van der Waals surface area contributed by atoms with Gasteiger partial charge in [-0.25, -0.2) is 0 Å². The summed E-state index contributed by atoms with van der Waals surface area (Å²) >= 11 is 0. The van der Waals surface area contributed by atoms with Crippen molar-refractivity contribution < 1.29 is 9.47 Å². The van der Waals surface area contributed by atoms with E-state index in [0.29, 0.717) is 12.4 Å². The number of rotatable bonds is 7. The maximum Gasteiger partial charge on any atom is 0.195 e. The second kappa shape index (κ2) is 9.07. The monoisotopic (exact) mass is 279 g/mol. The molecule has 1 rings (SSSR count). The summed E-state index contributed by atoms with van der Waals surface area (Å²) in [5.74, 6) is 2.21. The van der Waals surface area contributed by atoms with E-state index in [-0.39, 0.29) is 0 Å². The summed E-state index contributed by atoms with van der Waals surface area (Å²) in [6.45, 7) is 5.63. The Balaban J connectivity index is 2.71. The summed E-state index contributed by atoms with van der Waals surface area (Å²) < 4.78 is 10.8. The van der Waals surface area contributed by atoms with Crippen molar-refractivity contribution in [2.45, 2.75) is 26.7 Å². The topological polar surface area (TPSA) is 54.9 Å². The molecular formula is C15H25N3O2. The van der Waals surface area contributed by atoms with E-state index < -0.39 is 0 Å². The van der Waals surface area contributed by atoms with Crippen LogP contribution in [0.4, 0.5) is 5.69 Å². The Morgan fingerprint density at radius 3 is 2.65 bits per heavy atom. The molecule has 5 heteroatoms. The summed E-state index contributed by atoms with van der Waals surface area (Å²) in [5, 5.41) is 6.50. The van der Waals surface area contributed by atoms with E-state index in [9.17, 15) is 0 Å². The fourth-order valence-corrected chi connectivity index (χ4v) is 1.72. The van der Waals surface area contributed by atoms with Crippen LogP contribution in [-0.4, -0.2) is 33.3 Å². The minimum absolute atomic E-state index is 0.614. The zero-order valence-electron chi connectivity index (χ0n) is 12.8. The molecule has 0 aliphatic carbocycles. The first-order chi connectivity index (χ1) is 9.74. The lowest BCUT2D eigenvalue weighted by Gasteiger charge is -2.14. The van der Waals surface area contributed by atoms with Gasteiger partial charge in [-0.2, -0.15) is 0 Å². The van der Waals surface area contributed by atoms with Gasteiger partial charge in [0.2, 0.25) is 0 Å². The molecule has 0 fully saturated rings. The number of benzene rings is 1. The molecule has 0 aromatic heterocycles. The molecule has 0 aliphatic rings. The highest BCUT2D eigenvalue weighted by Gasteiger charge is 2.06. The average molecular weight is 279 g/mol. The third kappa shape index (κ3) is 4.99.